The van der Waals surface area contributed by atoms with Crippen molar-refractivity contribution in [1.29, 1.82) is 0 Å². The Morgan fingerprint density at radius 2 is 1.74 bits per heavy atom. The van der Waals surface area contributed by atoms with E-state index in [-0.39, 0.29) is 0 Å². The molecule has 1 aliphatic heterocycles. The zero-order valence-electron chi connectivity index (χ0n) is 15.1. The Bertz CT molecular complexity index is 482. The lowest BCUT2D eigenvalue weighted by atomic mass is 10.0. The van der Waals surface area contributed by atoms with E-state index < -0.39 is 6.10 Å². The van der Waals surface area contributed by atoms with Crippen LogP contribution >= 0.6 is 0 Å². The van der Waals surface area contributed by atoms with Crippen LogP contribution in [0.15, 0.2) is 18.2 Å². The summed E-state index contributed by atoms with van der Waals surface area (Å²) < 4.78 is 5.62. The Hall–Kier alpha value is -0.940. The van der Waals surface area contributed by atoms with Crippen LogP contribution in [0.3, 0.4) is 0 Å². The minimum absolute atomic E-state index is 0.309. The third kappa shape index (κ3) is 5.88. The van der Waals surface area contributed by atoms with E-state index in [4.69, 9.17) is 4.74 Å². The number of hydrogen-bond donors (Lipinski definition) is 1. The fourth-order valence-electron chi connectivity index (χ4n) is 3.16. The molecule has 0 radical (unpaired) electrons. The summed E-state index contributed by atoms with van der Waals surface area (Å²) in [5.74, 6) is 0. The Morgan fingerprint density at radius 1 is 1.09 bits per heavy atom. The number of β-amino-alcohol motifs (C(OH)–C–C–N with tert-alkyl or cyclic N) is 1. The highest BCUT2D eigenvalue weighted by molar-refractivity contribution is 5.32. The molecule has 1 heterocycles. The third-order valence-electron chi connectivity index (χ3n) is 4.54. The first-order chi connectivity index (χ1) is 11.0. The zero-order chi connectivity index (χ0) is 16.8. The predicted octanol–water partition coefficient (Wildman–Crippen LogP) is 2.38. The predicted molar refractivity (Wildman–Crippen MR) is 94.8 cm³/mol. The molecule has 0 saturated carbocycles. The topological polar surface area (TPSA) is 35.9 Å². The first kappa shape index (κ1) is 18.4. The molecule has 23 heavy (non-hydrogen) atoms. The summed E-state index contributed by atoms with van der Waals surface area (Å²) in [6, 6.07) is 6.29. The highest BCUT2D eigenvalue weighted by Gasteiger charge is 2.20. The molecule has 1 aromatic rings. The molecular formula is C19H32N2O2. The summed E-state index contributed by atoms with van der Waals surface area (Å²) in [5.41, 5.74) is 3.49. The summed E-state index contributed by atoms with van der Waals surface area (Å²) in [5, 5.41) is 10.5. The van der Waals surface area contributed by atoms with Gasteiger partial charge in [0.15, 0.2) is 0 Å². The second kappa shape index (κ2) is 8.78. The lowest BCUT2D eigenvalue weighted by molar-refractivity contribution is 0.0347. The van der Waals surface area contributed by atoms with Gasteiger partial charge in [-0.2, -0.15) is 0 Å². The standard InChI is InChI=1S/C19H32N2O2/c1-15(2)23-12-11-20-7-9-21(10-8-20)14-19(22)18-6-5-16(3)13-17(18)4/h5-6,13,15,19,22H,7-12,14H2,1-4H3. The molecule has 0 spiro atoms. The van der Waals surface area contributed by atoms with Crippen LogP contribution in [0.5, 0.6) is 0 Å². The van der Waals surface area contributed by atoms with Gasteiger partial charge in [0.05, 0.1) is 18.8 Å². The van der Waals surface area contributed by atoms with Crippen LogP contribution in [0.1, 0.15) is 36.6 Å². The summed E-state index contributed by atoms with van der Waals surface area (Å²) in [6.45, 7) is 15.0. The van der Waals surface area contributed by atoms with Crippen LogP contribution in [-0.2, 0) is 4.74 Å². The number of benzene rings is 1. The molecule has 4 nitrogen and oxygen atoms in total. The van der Waals surface area contributed by atoms with Crippen LogP contribution in [-0.4, -0.2) is 66.9 Å². The van der Waals surface area contributed by atoms with Crippen molar-refractivity contribution < 1.29 is 9.84 Å². The van der Waals surface area contributed by atoms with Crippen molar-refractivity contribution in [2.24, 2.45) is 0 Å². The van der Waals surface area contributed by atoms with Crippen molar-refractivity contribution in [3.8, 4) is 0 Å². The molecule has 1 fully saturated rings. The van der Waals surface area contributed by atoms with Gasteiger partial charge in [0.2, 0.25) is 0 Å². The summed E-state index contributed by atoms with van der Waals surface area (Å²) in [6.07, 6.45) is -0.0874. The number of rotatable bonds is 7. The molecular weight excluding hydrogens is 288 g/mol. The van der Waals surface area contributed by atoms with Crippen molar-refractivity contribution in [3.05, 3.63) is 34.9 Å². The van der Waals surface area contributed by atoms with Crippen LogP contribution in [0, 0.1) is 13.8 Å². The molecule has 2 rings (SSSR count). The Morgan fingerprint density at radius 3 is 2.35 bits per heavy atom. The third-order valence-corrected chi connectivity index (χ3v) is 4.54. The van der Waals surface area contributed by atoms with Gasteiger partial charge in [-0.25, -0.2) is 0 Å². The average molecular weight is 320 g/mol. The minimum Gasteiger partial charge on any atom is -0.387 e. The largest absolute Gasteiger partial charge is 0.387 e. The number of aliphatic hydroxyl groups excluding tert-OH is 1. The second-order valence-electron chi connectivity index (χ2n) is 6.94. The molecule has 0 aliphatic carbocycles. The van der Waals surface area contributed by atoms with Crippen LogP contribution < -0.4 is 0 Å². The fourth-order valence-corrected chi connectivity index (χ4v) is 3.16. The Kier molecular flexibility index (Phi) is 7.03. The molecule has 4 heteroatoms. The van der Waals surface area contributed by atoms with Crippen molar-refractivity contribution in [2.45, 2.75) is 39.9 Å². The van der Waals surface area contributed by atoms with E-state index in [9.17, 15) is 5.11 Å². The van der Waals surface area contributed by atoms with Gasteiger partial charge in [0.25, 0.3) is 0 Å². The molecule has 1 aromatic carbocycles. The van der Waals surface area contributed by atoms with E-state index >= 15 is 0 Å². The second-order valence-corrected chi connectivity index (χ2v) is 6.94. The van der Waals surface area contributed by atoms with Crippen LogP contribution in [0.4, 0.5) is 0 Å². The Balaban J connectivity index is 1.75. The monoisotopic (exact) mass is 320 g/mol. The first-order valence-electron chi connectivity index (χ1n) is 8.77. The maximum atomic E-state index is 10.5. The van der Waals surface area contributed by atoms with E-state index in [1.165, 1.54) is 11.1 Å². The molecule has 1 N–H and O–H groups in total. The van der Waals surface area contributed by atoms with E-state index in [1.54, 1.807) is 0 Å². The number of aryl methyl sites for hydroxylation is 2. The molecule has 130 valence electrons. The molecule has 1 aliphatic rings. The normalized spacial score (nSPS) is 18.5. The van der Waals surface area contributed by atoms with E-state index in [1.807, 2.05) is 0 Å². The average Bonchev–Trinajstić information content (AvgIpc) is 2.48. The van der Waals surface area contributed by atoms with Crippen LogP contribution in [0.25, 0.3) is 0 Å². The lowest BCUT2D eigenvalue weighted by Crippen LogP contribution is -2.48. The van der Waals surface area contributed by atoms with Crippen LogP contribution in [0.2, 0.25) is 0 Å². The van der Waals surface area contributed by atoms with Gasteiger partial charge in [-0.1, -0.05) is 23.8 Å². The maximum absolute atomic E-state index is 10.5. The molecule has 1 atom stereocenters. The molecule has 1 saturated heterocycles. The number of nitrogens with zero attached hydrogens (tertiary/aromatic N) is 2. The van der Waals surface area contributed by atoms with E-state index in [0.717, 1.165) is 51.4 Å². The number of aliphatic hydroxyl groups is 1. The van der Waals surface area contributed by atoms with Crippen molar-refractivity contribution >= 4 is 0 Å². The van der Waals surface area contributed by atoms with Gasteiger partial charge in [-0.05, 0) is 38.8 Å². The number of ether oxygens (including phenoxy) is 1. The van der Waals surface area contributed by atoms with Crippen molar-refractivity contribution in [3.63, 3.8) is 0 Å². The van der Waals surface area contributed by atoms with Crippen molar-refractivity contribution in [2.75, 3.05) is 45.9 Å². The van der Waals surface area contributed by atoms with Gasteiger partial charge in [-0.3, -0.25) is 9.80 Å². The summed E-state index contributed by atoms with van der Waals surface area (Å²) in [4.78, 5) is 4.81. The SMILES string of the molecule is Cc1ccc(C(O)CN2CCN(CCOC(C)C)CC2)c(C)c1. The smallest absolute Gasteiger partial charge is 0.0919 e. The van der Waals surface area contributed by atoms with Gasteiger partial charge in [-0.15, -0.1) is 0 Å². The first-order valence-corrected chi connectivity index (χ1v) is 8.77. The van der Waals surface area contributed by atoms with E-state index in [0.29, 0.717) is 6.10 Å². The number of piperazine rings is 1. The van der Waals surface area contributed by atoms with Gasteiger partial charge < -0.3 is 9.84 Å². The summed E-state index contributed by atoms with van der Waals surface area (Å²) in [7, 11) is 0. The molecule has 0 bridgehead atoms. The fraction of sp³-hybridized carbons (Fsp3) is 0.684. The molecule has 0 amide bonds. The zero-order valence-corrected chi connectivity index (χ0v) is 15.1. The number of hydrogen-bond acceptors (Lipinski definition) is 4. The van der Waals surface area contributed by atoms with Crippen molar-refractivity contribution in [1.82, 2.24) is 9.80 Å². The van der Waals surface area contributed by atoms with E-state index in [2.05, 4.69) is 55.7 Å². The molecule has 1 unspecified atom stereocenters. The summed E-state index contributed by atoms with van der Waals surface area (Å²) >= 11 is 0. The quantitative estimate of drug-likeness (QED) is 0.837. The molecule has 0 aromatic heterocycles. The highest BCUT2D eigenvalue weighted by atomic mass is 16.5. The lowest BCUT2D eigenvalue weighted by Gasteiger charge is -2.35. The maximum Gasteiger partial charge on any atom is 0.0919 e. The van der Waals surface area contributed by atoms with Gasteiger partial charge in [0.1, 0.15) is 0 Å². The van der Waals surface area contributed by atoms with Gasteiger partial charge >= 0.3 is 0 Å². The Labute approximate surface area is 141 Å². The van der Waals surface area contributed by atoms with Gasteiger partial charge in [0, 0.05) is 39.3 Å². The highest BCUT2D eigenvalue weighted by Crippen LogP contribution is 2.20. The minimum atomic E-state index is -0.397.